The summed E-state index contributed by atoms with van der Waals surface area (Å²) in [6.45, 7) is 0.337. The smallest absolute Gasteiger partial charge is 0.266 e. The Hall–Kier alpha value is -2.82. The highest BCUT2D eigenvalue weighted by molar-refractivity contribution is 6.31. The van der Waals surface area contributed by atoms with Crippen molar-refractivity contribution < 1.29 is 14.7 Å². The molecule has 0 aliphatic carbocycles. The maximum Gasteiger partial charge on any atom is 0.266 e. The zero-order valence-electron chi connectivity index (χ0n) is 13.3. The number of hydrogen-bond donors (Lipinski definition) is 3. The molecule has 1 aliphatic rings. The predicted molar refractivity (Wildman–Crippen MR) is 91.9 cm³/mol. The molecule has 0 radical (unpaired) electrons. The SMILES string of the molecule is N#CNC(=O)C1=C(C(N)=O)N(CCc2ccccc2Cl)CC(CO)=C1. The summed E-state index contributed by atoms with van der Waals surface area (Å²) >= 11 is 6.14. The van der Waals surface area contributed by atoms with Gasteiger partial charge in [0.05, 0.1) is 12.2 Å². The second kappa shape index (κ2) is 8.33. The van der Waals surface area contributed by atoms with Crippen LogP contribution in [0, 0.1) is 11.5 Å². The van der Waals surface area contributed by atoms with Crippen LogP contribution in [0.2, 0.25) is 5.02 Å². The molecule has 0 bridgehead atoms. The number of nitrogens with zero attached hydrogens (tertiary/aromatic N) is 2. The highest BCUT2D eigenvalue weighted by Crippen LogP contribution is 2.23. The lowest BCUT2D eigenvalue weighted by Crippen LogP contribution is -2.40. The normalized spacial score (nSPS) is 14.0. The number of halogens is 1. The van der Waals surface area contributed by atoms with Crippen LogP contribution in [0.3, 0.4) is 0 Å². The Morgan fingerprint density at radius 1 is 1.40 bits per heavy atom. The van der Waals surface area contributed by atoms with Gasteiger partial charge in [-0.15, -0.1) is 0 Å². The molecular weight excluding hydrogens is 344 g/mol. The summed E-state index contributed by atoms with van der Waals surface area (Å²) in [5, 5.41) is 20.7. The van der Waals surface area contributed by atoms with E-state index in [-0.39, 0.29) is 24.4 Å². The van der Waals surface area contributed by atoms with Gasteiger partial charge in [0.1, 0.15) is 5.70 Å². The number of hydrogen-bond acceptors (Lipinski definition) is 5. The Bertz CT molecular complexity index is 795. The molecule has 1 aromatic carbocycles. The maximum absolute atomic E-state index is 12.1. The van der Waals surface area contributed by atoms with Gasteiger partial charge in [0.15, 0.2) is 6.19 Å². The third-order valence-electron chi connectivity index (χ3n) is 3.77. The van der Waals surface area contributed by atoms with Crippen molar-refractivity contribution in [1.82, 2.24) is 10.2 Å². The number of nitrogens with two attached hydrogens (primary N) is 1. The molecule has 0 saturated carbocycles. The number of carbonyl (C=O) groups is 2. The second-order valence-corrected chi connectivity index (χ2v) is 5.82. The van der Waals surface area contributed by atoms with E-state index in [1.54, 1.807) is 11.0 Å². The van der Waals surface area contributed by atoms with E-state index in [4.69, 9.17) is 22.6 Å². The number of benzene rings is 1. The molecule has 0 aromatic heterocycles. The van der Waals surface area contributed by atoms with Crippen LogP contribution in [0.25, 0.3) is 0 Å². The Kier molecular flexibility index (Phi) is 6.17. The molecule has 0 fully saturated rings. The van der Waals surface area contributed by atoms with Gasteiger partial charge in [0.25, 0.3) is 11.8 Å². The zero-order chi connectivity index (χ0) is 18.4. The first-order valence-corrected chi connectivity index (χ1v) is 7.88. The van der Waals surface area contributed by atoms with Crippen molar-refractivity contribution >= 4 is 23.4 Å². The number of nitriles is 1. The Morgan fingerprint density at radius 2 is 2.12 bits per heavy atom. The summed E-state index contributed by atoms with van der Waals surface area (Å²) < 4.78 is 0. The van der Waals surface area contributed by atoms with Gasteiger partial charge in [-0.1, -0.05) is 29.8 Å². The number of rotatable bonds is 6. The van der Waals surface area contributed by atoms with Gasteiger partial charge < -0.3 is 15.7 Å². The summed E-state index contributed by atoms with van der Waals surface area (Å²) in [4.78, 5) is 25.6. The average Bonchev–Trinajstić information content (AvgIpc) is 2.60. The van der Waals surface area contributed by atoms with Crippen LogP contribution in [0.1, 0.15) is 5.56 Å². The third kappa shape index (κ3) is 4.38. The maximum atomic E-state index is 12.1. The van der Waals surface area contributed by atoms with Gasteiger partial charge in [0.2, 0.25) is 0 Å². The van der Waals surface area contributed by atoms with Crippen LogP contribution in [0.5, 0.6) is 0 Å². The number of nitrogens with one attached hydrogen (secondary N) is 1. The minimum Gasteiger partial charge on any atom is -0.392 e. The standard InChI is InChI=1S/C17H17ClN4O3/c18-14-4-2-1-3-12(14)5-6-22-8-11(9-23)7-13(15(22)16(20)24)17(25)21-10-19/h1-4,7,23H,5-6,8-9H2,(H2,20,24)(H,21,25). The van der Waals surface area contributed by atoms with Crippen LogP contribution >= 0.6 is 11.6 Å². The predicted octanol–water partition coefficient (Wildman–Crippen LogP) is 0.453. The molecule has 4 N–H and O–H groups in total. The molecule has 0 unspecified atom stereocenters. The summed E-state index contributed by atoms with van der Waals surface area (Å²) in [6, 6.07) is 7.31. The van der Waals surface area contributed by atoms with Gasteiger partial charge >= 0.3 is 0 Å². The molecule has 8 heteroatoms. The van der Waals surface area contributed by atoms with E-state index in [0.29, 0.717) is 23.6 Å². The van der Waals surface area contributed by atoms with E-state index in [0.717, 1.165) is 5.56 Å². The average molecular weight is 361 g/mol. The fourth-order valence-electron chi connectivity index (χ4n) is 2.64. The van der Waals surface area contributed by atoms with Crippen molar-refractivity contribution in [1.29, 1.82) is 5.26 Å². The molecular formula is C17H17ClN4O3. The number of primary amides is 1. The minimum atomic E-state index is -0.782. The van der Waals surface area contributed by atoms with Crippen LogP contribution in [0.4, 0.5) is 0 Å². The fraction of sp³-hybridized carbons (Fsp3) is 0.235. The highest BCUT2D eigenvalue weighted by atomic mass is 35.5. The van der Waals surface area contributed by atoms with Gasteiger partial charge in [-0.3, -0.25) is 14.9 Å². The third-order valence-corrected chi connectivity index (χ3v) is 4.14. The largest absolute Gasteiger partial charge is 0.392 e. The van der Waals surface area contributed by atoms with Crippen molar-refractivity contribution in [3.8, 4) is 6.19 Å². The molecule has 1 aromatic rings. The monoisotopic (exact) mass is 360 g/mol. The Balaban J connectivity index is 2.33. The molecule has 25 heavy (non-hydrogen) atoms. The molecule has 1 aliphatic heterocycles. The summed E-state index contributed by atoms with van der Waals surface area (Å²) in [6.07, 6.45) is 3.43. The van der Waals surface area contributed by atoms with Crippen molar-refractivity contribution in [3.63, 3.8) is 0 Å². The topological polar surface area (TPSA) is 119 Å². The summed E-state index contributed by atoms with van der Waals surface area (Å²) in [5.41, 5.74) is 6.84. The van der Waals surface area contributed by atoms with Crippen molar-refractivity contribution in [2.75, 3.05) is 19.7 Å². The van der Waals surface area contributed by atoms with E-state index < -0.39 is 11.8 Å². The van der Waals surface area contributed by atoms with E-state index in [2.05, 4.69) is 0 Å². The van der Waals surface area contributed by atoms with Crippen LogP contribution in [0.15, 0.2) is 47.2 Å². The molecule has 0 saturated heterocycles. The van der Waals surface area contributed by atoms with Crippen LogP contribution in [-0.2, 0) is 16.0 Å². The van der Waals surface area contributed by atoms with Gasteiger partial charge in [-0.2, -0.15) is 5.26 Å². The first-order chi connectivity index (χ1) is 12.0. The quantitative estimate of drug-likeness (QED) is 0.502. The van der Waals surface area contributed by atoms with E-state index in [9.17, 15) is 14.7 Å². The lowest BCUT2D eigenvalue weighted by Gasteiger charge is -2.31. The molecule has 130 valence electrons. The highest BCUT2D eigenvalue weighted by Gasteiger charge is 2.28. The zero-order valence-corrected chi connectivity index (χ0v) is 14.1. The lowest BCUT2D eigenvalue weighted by atomic mass is 10.0. The number of aliphatic hydroxyl groups excluding tert-OH is 1. The van der Waals surface area contributed by atoms with Crippen LogP contribution < -0.4 is 11.1 Å². The minimum absolute atomic E-state index is 0.0111. The molecule has 0 spiro atoms. The van der Waals surface area contributed by atoms with Crippen LogP contribution in [-0.4, -0.2) is 41.5 Å². The number of aliphatic hydroxyl groups is 1. The van der Waals surface area contributed by atoms with Crippen molar-refractivity contribution in [2.24, 2.45) is 5.73 Å². The fourth-order valence-corrected chi connectivity index (χ4v) is 2.87. The first kappa shape index (κ1) is 18.5. The van der Waals surface area contributed by atoms with E-state index >= 15 is 0 Å². The summed E-state index contributed by atoms with van der Waals surface area (Å²) in [7, 11) is 0. The lowest BCUT2D eigenvalue weighted by molar-refractivity contribution is -0.119. The van der Waals surface area contributed by atoms with Gasteiger partial charge in [0, 0.05) is 18.1 Å². The molecule has 2 amide bonds. The molecule has 1 heterocycles. The van der Waals surface area contributed by atoms with E-state index in [1.807, 2.05) is 23.5 Å². The van der Waals surface area contributed by atoms with Gasteiger partial charge in [-0.05, 0) is 29.7 Å². The van der Waals surface area contributed by atoms with E-state index in [1.165, 1.54) is 12.3 Å². The Labute approximate surface area is 150 Å². The number of amides is 2. The molecule has 2 rings (SSSR count). The second-order valence-electron chi connectivity index (χ2n) is 5.42. The first-order valence-electron chi connectivity index (χ1n) is 7.50. The molecule has 7 nitrogen and oxygen atoms in total. The van der Waals surface area contributed by atoms with Crippen molar-refractivity contribution in [3.05, 3.63) is 57.8 Å². The molecule has 0 atom stereocenters. The Morgan fingerprint density at radius 3 is 2.72 bits per heavy atom. The van der Waals surface area contributed by atoms with Crippen molar-refractivity contribution in [2.45, 2.75) is 6.42 Å². The summed E-state index contributed by atoms with van der Waals surface area (Å²) in [5.74, 6) is -1.53. The van der Waals surface area contributed by atoms with Gasteiger partial charge in [-0.25, -0.2) is 0 Å². The number of carbonyl (C=O) groups excluding carboxylic acids is 2.